The smallest absolute Gasteiger partial charge is 0.242 e. The Labute approximate surface area is 241 Å². The van der Waals surface area contributed by atoms with Gasteiger partial charge in [0.05, 0.1) is 0 Å². The van der Waals surface area contributed by atoms with Crippen molar-refractivity contribution in [3.8, 4) is 0 Å². The maximum atomic E-state index is 12.8. The lowest BCUT2D eigenvalue weighted by molar-refractivity contribution is -0.129. The van der Waals surface area contributed by atoms with Crippen LogP contribution in [0.2, 0.25) is 0 Å². The van der Waals surface area contributed by atoms with Gasteiger partial charge in [-0.2, -0.15) is 0 Å². The number of unbranched alkanes of at least 4 members (excludes halogenated alkanes) is 20. The normalized spacial score (nSPS) is 11.7. The molecule has 0 rings (SSSR count). The predicted molar refractivity (Wildman–Crippen MR) is 167 cm³/mol. The fourth-order valence-electron chi connectivity index (χ4n) is 4.96. The van der Waals surface area contributed by atoms with E-state index in [4.69, 9.17) is 11.1 Å². The number of hydrogen-bond acceptors (Lipinski definition) is 3. The van der Waals surface area contributed by atoms with Gasteiger partial charge in [-0.3, -0.25) is 15.0 Å². The first-order valence-electron chi connectivity index (χ1n) is 16.7. The highest BCUT2D eigenvalue weighted by atomic mass is 16.2. The van der Waals surface area contributed by atoms with E-state index in [9.17, 15) is 9.59 Å². The minimum absolute atomic E-state index is 0.0661. The van der Waals surface area contributed by atoms with Gasteiger partial charge < -0.3 is 21.7 Å². The predicted octanol–water partition coefficient (Wildman–Crippen LogP) is 7.47. The van der Waals surface area contributed by atoms with Gasteiger partial charge in [0, 0.05) is 19.5 Å². The van der Waals surface area contributed by atoms with Crippen molar-refractivity contribution in [1.29, 1.82) is 5.41 Å². The van der Waals surface area contributed by atoms with Crippen LogP contribution in [0.3, 0.4) is 0 Å². The number of hydrogen-bond donors (Lipinski definition) is 5. The number of guanidine groups is 1. The molecule has 0 bridgehead atoms. The van der Waals surface area contributed by atoms with Crippen molar-refractivity contribution in [1.82, 2.24) is 16.0 Å². The first kappa shape index (κ1) is 37.2. The van der Waals surface area contributed by atoms with Gasteiger partial charge in [0.1, 0.15) is 6.04 Å². The molecule has 2 amide bonds. The van der Waals surface area contributed by atoms with E-state index in [1.54, 1.807) is 0 Å². The molecule has 0 aromatic heterocycles. The molecule has 39 heavy (non-hydrogen) atoms. The van der Waals surface area contributed by atoms with Crippen molar-refractivity contribution >= 4 is 17.8 Å². The largest absolute Gasteiger partial charge is 0.370 e. The maximum absolute atomic E-state index is 12.8. The van der Waals surface area contributed by atoms with E-state index in [0.717, 1.165) is 25.7 Å². The molecule has 0 saturated heterocycles. The van der Waals surface area contributed by atoms with E-state index >= 15 is 0 Å². The quantitative estimate of drug-likeness (QED) is 0.0376. The molecule has 230 valence electrons. The second-order valence-electron chi connectivity index (χ2n) is 11.4. The van der Waals surface area contributed by atoms with Crippen molar-refractivity contribution in [3.63, 3.8) is 0 Å². The lowest BCUT2D eigenvalue weighted by atomic mass is 10.0. The Morgan fingerprint density at radius 3 is 1.44 bits per heavy atom. The van der Waals surface area contributed by atoms with Crippen molar-refractivity contribution in [3.05, 3.63) is 0 Å². The SMILES string of the molecule is CCCCCCCCCCCCCNC(=O)C(CCNC(=N)N)NC(=O)CCCCCCCCCCCCC. The average molecular weight is 552 g/mol. The number of carbonyl (C=O) groups excluding carboxylic acids is 2. The molecular weight excluding hydrogens is 486 g/mol. The van der Waals surface area contributed by atoms with Gasteiger partial charge in [-0.15, -0.1) is 0 Å². The molecule has 1 unspecified atom stereocenters. The van der Waals surface area contributed by atoms with Crippen LogP contribution in [0.1, 0.15) is 168 Å². The van der Waals surface area contributed by atoms with Gasteiger partial charge in [-0.05, 0) is 19.3 Å². The molecule has 0 aliphatic carbocycles. The fourth-order valence-corrected chi connectivity index (χ4v) is 4.96. The van der Waals surface area contributed by atoms with E-state index < -0.39 is 6.04 Å². The van der Waals surface area contributed by atoms with Crippen LogP contribution in [0.15, 0.2) is 0 Å². The summed E-state index contributed by atoms with van der Waals surface area (Å²) < 4.78 is 0. The van der Waals surface area contributed by atoms with Gasteiger partial charge in [0.25, 0.3) is 0 Å². The minimum atomic E-state index is -0.593. The van der Waals surface area contributed by atoms with E-state index in [1.807, 2.05) is 0 Å². The molecule has 0 saturated carbocycles. The van der Waals surface area contributed by atoms with Gasteiger partial charge in [0.15, 0.2) is 5.96 Å². The van der Waals surface area contributed by atoms with E-state index in [-0.39, 0.29) is 17.8 Å². The summed E-state index contributed by atoms with van der Waals surface area (Å²) in [4.78, 5) is 25.3. The van der Waals surface area contributed by atoms with E-state index in [2.05, 4.69) is 29.8 Å². The second-order valence-corrected chi connectivity index (χ2v) is 11.4. The Balaban J connectivity index is 4.01. The fraction of sp³-hybridized carbons (Fsp3) is 0.906. The summed E-state index contributed by atoms with van der Waals surface area (Å²) >= 11 is 0. The van der Waals surface area contributed by atoms with E-state index in [1.165, 1.54) is 116 Å². The lowest BCUT2D eigenvalue weighted by Crippen LogP contribution is -2.48. The highest BCUT2D eigenvalue weighted by molar-refractivity contribution is 5.87. The first-order chi connectivity index (χ1) is 19.0. The third-order valence-corrected chi connectivity index (χ3v) is 7.49. The van der Waals surface area contributed by atoms with Crippen LogP contribution in [0, 0.1) is 5.41 Å². The summed E-state index contributed by atoms with van der Waals surface area (Å²) in [6.45, 7) is 5.53. The molecule has 0 heterocycles. The summed E-state index contributed by atoms with van der Waals surface area (Å²) in [5.74, 6) is -0.328. The van der Waals surface area contributed by atoms with Crippen LogP contribution in [0.4, 0.5) is 0 Å². The molecule has 7 heteroatoms. The molecule has 7 nitrogen and oxygen atoms in total. The van der Waals surface area contributed by atoms with Crippen molar-refractivity contribution in [2.45, 2.75) is 174 Å². The summed E-state index contributed by atoms with van der Waals surface area (Å²) in [5, 5.41) is 16.0. The Morgan fingerprint density at radius 1 is 0.590 bits per heavy atom. The van der Waals surface area contributed by atoms with E-state index in [0.29, 0.717) is 25.9 Å². The van der Waals surface area contributed by atoms with Crippen LogP contribution in [-0.4, -0.2) is 36.9 Å². The van der Waals surface area contributed by atoms with Crippen molar-refractivity contribution in [2.24, 2.45) is 5.73 Å². The maximum Gasteiger partial charge on any atom is 0.242 e. The number of carbonyl (C=O) groups is 2. The van der Waals surface area contributed by atoms with Crippen LogP contribution in [0.25, 0.3) is 0 Å². The highest BCUT2D eigenvalue weighted by Gasteiger charge is 2.20. The Kier molecular flexibility index (Phi) is 27.9. The topological polar surface area (TPSA) is 120 Å². The number of nitrogens with two attached hydrogens (primary N) is 1. The standard InChI is InChI=1S/C32H65N5O2/c1-3-5-7-9-11-13-15-17-19-21-23-25-30(38)37-29(26-28-36-32(33)34)31(39)35-27-24-22-20-18-16-14-12-10-8-6-4-2/h29H,3-28H2,1-2H3,(H,35,39)(H,37,38)(H4,33,34,36). The van der Waals surface area contributed by atoms with Gasteiger partial charge >= 0.3 is 0 Å². The first-order valence-corrected chi connectivity index (χ1v) is 16.7. The van der Waals surface area contributed by atoms with Crippen LogP contribution in [-0.2, 0) is 9.59 Å². The zero-order valence-corrected chi connectivity index (χ0v) is 25.9. The third kappa shape index (κ3) is 27.6. The monoisotopic (exact) mass is 552 g/mol. The number of nitrogens with one attached hydrogen (secondary N) is 4. The average Bonchev–Trinajstić information content (AvgIpc) is 2.91. The minimum Gasteiger partial charge on any atom is -0.370 e. The summed E-state index contributed by atoms with van der Waals surface area (Å²) in [6.07, 6.45) is 28.6. The molecule has 0 fully saturated rings. The number of amides is 2. The van der Waals surface area contributed by atoms with Gasteiger partial charge in [-0.25, -0.2) is 0 Å². The van der Waals surface area contributed by atoms with Crippen molar-refractivity contribution < 1.29 is 9.59 Å². The Morgan fingerprint density at radius 2 is 1.00 bits per heavy atom. The Hall–Kier alpha value is -1.79. The molecular formula is C32H65N5O2. The zero-order chi connectivity index (χ0) is 28.8. The number of rotatable bonds is 29. The molecule has 6 N–H and O–H groups in total. The molecule has 0 spiro atoms. The molecule has 0 aromatic rings. The molecule has 0 aromatic carbocycles. The van der Waals surface area contributed by atoms with Gasteiger partial charge in [-0.1, -0.05) is 142 Å². The van der Waals surface area contributed by atoms with Gasteiger partial charge in [0.2, 0.25) is 11.8 Å². The zero-order valence-electron chi connectivity index (χ0n) is 25.9. The molecule has 0 radical (unpaired) electrons. The Bertz CT molecular complexity index is 585. The third-order valence-electron chi connectivity index (χ3n) is 7.49. The van der Waals surface area contributed by atoms with Crippen LogP contribution >= 0.6 is 0 Å². The second kappa shape index (κ2) is 29.2. The summed E-state index contributed by atoms with van der Waals surface area (Å²) in [5.41, 5.74) is 5.38. The summed E-state index contributed by atoms with van der Waals surface area (Å²) in [6, 6.07) is -0.593. The molecule has 1 atom stereocenters. The van der Waals surface area contributed by atoms with Crippen LogP contribution in [0.5, 0.6) is 0 Å². The lowest BCUT2D eigenvalue weighted by Gasteiger charge is -2.19. The summed E-state index contributed by atoms with van der Waals surface area (Å²) in [7, 11) is 0. The molecule has 0 aliphatic heterocycles. The molecule has 0 aliphatic rings. The van der Waals surface area contributed by atoms with Crippen LogP contribution < -0.4 is 21.7 Å². The highest BCUT2D eigenvalue weighted by Crippen LogP contribution is 2.13. The van der Waals surface area contributed by atoms with Crippen molar-refractivity contribution in [2.75, 3.05) is 13.1 Å².